The molecule has 2 aromatic carbocycles. The topological polar surface area (TPSA) is 59.4 Å². The van der Waals surface area contributed by atoms with Crippen LogP contribution in [0.4, 0.5) is 11.4 Å². The van der Waals surface area contributed by atoms with Gasteiger partial charge in [-0.15, -0.1) is 0 Å². The summed E-state index contributed by atoms with van der Waals surface area (Å²) in [4.78, 5) is 16.8. The van der Waals surface area contributed by atoms with Crippen LogP contribution in [0.3, 0.4) is 0 Å². The molecule has 0 radical (unpaired) electrons. The molecule has 3 rings (SSSR count). The highest BCUT2D eigenvalue weighted by atomic mass is 35.5. The minimum Gasteiger partial charge on any atom is -0.373 e. The molecule has 0 saturated carbocycles. The van der Waals surface area contributed by atoms with Gasteiger partial charge in [-0.05, 0) is 43.7 Å². The Kier molecular flexibility index (Phi) is 6.23. The third kappa shape index (κ3) is 4.85. The fraction of sp³-hybridized carbons (Fsp3) is 0.273. The molecule has 2 aromatic rings. The predicted octanol–water partition coefficient (Wildman–Crippen LogP) is 4.13. The molecule has 6 heteroatoms. The molecule has 0 spiro atoms. The van der Waals surface area contributed by atoms with Crippen LogP contribution in [0.2, 0.25) is 5.02 Å². The van der Waals surface area contributed by atoms with Gasteiger partial charge in [0.1, 0.15) is 11.6 Å². The monoisotopic (exact) mass is 394 g/mol. The first-order valence-electron chi connectivity index (χ1n) is 9.21. The maximum absolute atomic E-state index is 12.5. The third-order valence-electron chi connectivity index (χ3n) is 4.79. The van der Waals surface area contributed by atoms with E-state index < -0.39 is 0 Å². The molecule has 28 heavy (non-hydrogen) atoms. The summed E-state index contributed by atoms with van der Waals surface area (Å²) in [6, 6.07) is 15.6. The number of halogens is 1. The predicted molar refractivity (Wildman–Crippen MR) is 113 cm³/mol. The van der Waals surface area contributed by atoms with Gasteiger partial charge in [-0.3, -0.25) is 4.79 Å². The Morgan fingerprint density at radius 2 is 1.89 bits per heavy atom. The molecular weight excluding hydrogens is 372 g/mol. The van der Waals surface area contributed by atoms with Crippen molar-refractivity contribution in [1.29, 1.82) is 5.26 Å². The second-order valence-electron chi connectivity index (χ2n) is 6.93. The molecular formula is C22H23ClN4O. The lowest BCUT2D eigenvalue weighted by molar-refractivity contribution is -0.112. The van der Waals surface area contributed by atoms with Crippen LogP contribution in [0.15, 0.2) is 54.2 Å². The van der Waals surface area contributed by atoms with Crippen molar-refractivity contribution in [2.75, 3.05) is 36.4 Å². The van der Waals surface area contributed by atoms with Crippen molar-refractivity contribution in [3.05, 3.63) is 70.4 Å². The summed E-state index contributed by atoms with van der Waals surface area (Å²) in [5.74, 6) is -0.383. The SMILES string of the molecule is Cc1ccc(NC(=O)/C(C#N)=C\N2CCN(c3cccc(Cl)c3)CC2)c(C)c1. The highest BCUT2D eigenvalue weighted by molar-refractivity contribution is 6.30. The Bertz CT molecular complexity index is 940. The summed E-state index contributed by atoms with van der Waals surface area (Å²) in [6.07, 6.45) is 1.66. The number of carbonyl (C=O) groups is 1. The maximum atomic E-state index is 12.5. The number of nitriles is 1. The van der Waals surface area contributed by atoms with Crippen LogP contribution in [0.5, 0.6) is 0 Å². The average Bonchev–Trinajstić information content (AvgIpc) is 2.68. The Balaban J connectivity index is 1.63. The normalized spacial score (nSPS) is 14.6. The van der Waals surface area contributed by atoms with E-state index in [1.807, 2.05) is 67.3 Å². The molecule has 1 N–H and O–H groups in total. The number of aryl methyl sites for hydroxylation is 2. The lowest BCUT2D eigenvalue weighted by Crippen LogP contribution is -2.44. The van der Waals surface area contributed by atoms with Gasteiger partial charge in [0.2, 0.25) is 0 Å². The molecule has 1 fully saturated rings. The Hall–Kier alpha value is -2.97. The van der Waals surface area contributed by atoms with Gasteiger partial charge < -0.3 is 15.1 Å². The van der Waals surface area contributed by atoms with Gasteiger partial charge in [0, 0.05) is 48.8 Å². The number of benzene rings is 2. The largest absolute Gasteiger partial charge is 0.373 e. The zero-order valence-corrected chi connectivity index (χ0v) is 16.8. The van der Waals surface area contributed by atoms with Gasteiger partial charge in [0.15, 0.2) is 0 Å². The van der Waals surface area contributed by atoms with E-state index in [-0.39, 0.29) is 11.5 Å². The summed E-state index contributed by atoms with van der Waals surface area (Å²) in [6.45, 7) is 7.00. The Labute approximate surface area is 170 Å². The van der Waals surface area contributed by atoms with Gasteiger partial charge in [-0.2, -0.15) is 5.26 Å². The van der Waals surface area contributed by atoms with Crippen molar-refractivity contribution in [3.63, 3.8) is 0 Å². The van der Waals surface area contributed by atoms with Crippen molar-refractivity contribution in [2.24, 2.45) is 0 Å². The summed E-state index contributed by atoms with van der Waals surface area (Å²) >= 11 is 6.07. The van der Waals surface area contributed by atoms with Crippen molar-refractivity contribution >= 4 is 28.9 Å². The molecule has 144 valence electrons. The quantitative estimate of drug-likeness (QED) is 0.625. The van der Waals surface area contributed by atoms with Crippen molar-refractivity contribution in [2.45, 2.75) is 13.8 Å². The number of anilines is 2. The number of piperazine rings is 1. The van der Waals surface area contributed by atoms with Crippen LogP contribution >= 0.6 is 11.6 Å². The number of rotatable bonds is 4. The highest BCUT2D eigenvalue weighted by Gasteiger charge is 2.18. The molecule has 0 aliphatic carbocycles. The molecule has 0 bridgehead atoms. The van der Waals surface area contributed by atoms with Crippen LogP contribution in [-0.2, 0) is 4.79 Å². The smallest absolute Gasteiger partial charge is 0.267 e. The third-order valence-corrected chi connectivity index (χ3v) is 5.03. The molecule has 0 unspecified atom stereocenters. The number of hydrogen-bond acceptors (Lipinski definition) is 4. The summed E-state index contributed by atoms with van der Waals surface area (Å²) in [5.41, 5.74) is 4.02. The maximum Gasteiger partial charge on any atom is 0.267 e. The number of carbonyl (C=O) groups excluding carboxylic acids is 1. The molecule has 1 aliphatic heterocycles. The van der Waals surface area contributed by atoms with E-state index in [2.05, 4.69) is 10.2 Å². The first kappa shape index (κ1) is 19.8. The van der Waals surface area contributed by atoms with Crippen LogP contribution in [-0.4, -0.2) is 37.0 Å². The molecule has 0 atom stereocenters. The lowest BCUT2D eigenvalue weighted by Gasteiger charge is -2.35. The number of nitrogens with zero attached hydrogens (tertiary/aromatic N) is 3. The second kappa shape index (κ2) is 8.81. The van der Waals surface area contributed by atoms with E-state index in [4.69, 9.17) is 11.6 Å². The minimum atomic E-state index is -0.383. The van der Waals surface area contributed by atoms with Crippen LogP contribution in [0.25, 0.3) is 0 Å². The van der Waals surface area contributed by atoms with Crippen molar-refractivity contribution in [3.8, 4) is 6.07 Å². The van der Waals surface area contributed by atoms with E-state index in [0.717, 1.165) is 53.7 Å². The first-order chi connectivity index (χ1) is 13.5. The second-order valence-corrected chi connectivity index (χ2v) is 7.37. The van der Waals surface area contributed by atoms with Gasteiger partial charge in [-0.1, -0.05) is 35.4 Å². The number of hydrogen-bond donors (Lipinski definition) is 1. The van der Waals surface area contributed by atoms with Crippen LogP contribution < -0.4 is 10.2 Å². The van der Waals surface area contributed by atoms with Crippen molar-refractivity contribution in [1.82, 2.24) is 4.90 Å². The van der Waals surface area contributed by atoms with Gasteiger partial charge in [-0.25, -0.2) is 0 Å². The molecule has 1 saturated heterocycles. The Morgan fingerprint density at radius 1 is 1.14 bits per heavy atom. The zero-order valence-electron chi connectivity index (χ0n) is 16.1. The van der Waals surface area contributed by atoms with Gasteiger partial charge >= 0.3 is 0 Å². The molecule has 0 aromatic heterocycles. The molecule has 1 amide bonds. The average molecular weight is 395 g/mol. The van der Waals surface area contributed by atoms with E-state index in [1.54, 1.807) is 6.20 Å². The number of nitrogens with one attached hydrogen (secondary N) is 1. The van der Waals surface area contributed by atoms with Crippen LogP contribution in [0.1, 0.15) is 11.1 Å². The van der Waals surface area contributed by atoms with Crippen molar-refractivity contribution < 1.29 is 4.79 Å². The standard InChI is InChI=1S/C22H23ClN4O/c1-16-6-7-21(17(2)12-16)25-22(28)18(14-24)15-26-8-10-27(11-9-26)20-5-3-4-19(23)13-20/h3-7,12-13,15H,8-11H2,1-2H3,(H,25,28)/b18-15-. The molecule has 5 nitrogen and oxygen atoms in total. The number of amides is 1. The summed E-state index contributed by atoms with van der Waals surface area (Å²) < 4.78 is 0. The van der Waals surface area contributed by atoms with Gasteiger partial charge in [0.25, 0.3) is 5.91 Å². The minimum absolute atomic E-state index is 0.108. The first-order valence-corrected chi connectivity index (χ1v) is 9.59. The van der Waals surface area contributed by atoms with E-state index in [1.165, 1.54) is 0 Å². The highest BCUT2D eigenvalue weighted by Crippen LogP contribution is 2.21. The van der Waals surface area contributed by atoms with Gasteiger partial charge in [0.05, 0.1) is 0 Å². The summed E-state index contributed by atoms with van der Waals surface area (Å²) in [7, 11) is 0. The summed E-state index contributed by atoms with van der Waals surface area (Å²) in [5, 5.41) is 13.0. The fourth-order valence-corrected chi connectivity index (χ4v) is 3.43. The fourth-order valence-electron chi connectivity index (χ4n) is 3.25. The Morgan fingerprint density at radius 3 is 2.54 bits per heavy atom. The molecule has 1 heterocycles. The molecule has 1 aliphatic rings. The van der Waals surface area contributed by atoms with E-state index in [0.29, 0.717) is 0 Å². The van der Waals surface area contributed by atoms with Crippen LogP contribution in [0, 0.1) is 25.2 Å². The lowest BCUT2D eigenvalue weighted by atomic mass is 10.1. The zero-order chi connectivity index (χ0) is 20.1. The van der Waals surface area contributed by atoms with E-state index in [9.17, 15) is 10.1 Å². The van der Waals surface area contributed by atoms with E-state index >= 15 is 0 Å².